The van der Waals surface area contributed by atoms with Crippen molar-refractivity contribution in [2.24, 2.45) is 0 Å². The van der Waals surface area contributed by atoms with Crippen molar-refractivity contribution < 1.29 is 0 Å². The van der Waals surface area contributed by atoms with E-state index in [9.17, 15) is 0 Å². The molecule has 4 aromatic rings. The number of benzene rings is 1. The Morgan fingerprint density at radius 2 is 1.92 bits per heavy atom. The smallest absolute Gasteiger partial charge is 0.163 e. The molecular formula is C20H16IN5. The summed E-state index contributed by atoms with van der Waals surface area (Å²) in [6.07, 6.45) is 6.18. The lowest BCUT2D eigenvalue weighted by Crippen LogP contribution is -2.09. The molecule has 0 saturated heterocycles. The predicted octanol–water partition coefficient (Wildman–Crippen LogP) is 4.35. The Balaban J connectivity index is 1.67. The molecule has 1 aromatic carbocycles. The van der Waals surface area contributed by atoms with Crippen LogP contribution in [0.25, 0.3) is 22.3 Å². The number of nitrogens with zero attached hydrogens (tertiary/aromatic N) is 4. The first-order valence-electron chi connectivity index (χ1n) is 8.31. The molecule has 0 atom stereocenters. The van der Waals surface area contributed by atoms with Crippen molar-refractivity contribution in [3.05, 3.63) is 76.4 Å². The number of anilines is 1. The molecule has 128 valence electrons. The van der Waals surface area contributed by atoms with Crippen LogP contribution >= 0.6 is 22.6 Å². The Labute approximate surface area is 165 Å². The molecule has 3 heterocycles. The van der Waals surface area contributed by atoms with Gasteiger partial charge in [0.25, 0.3) is 0 Å². The zero-order valence-electron chi connectivity index (χ0n) is 13.9. The van der Waals surface area contributed by atoms with Gasteiger partial charge in [-0.2, -0.15) is 0 Å². The summed E-state index contributed by atoms with van der Waals surface area (Å²) in [4.78, 5) is 18.0. The number of halogens is 1. The largest absolute Gasteiger partial charge is 0.369 e. The average molecular weight is 453 g/mol. The second kappa shape index (κ2) is 7.74. The lowest BCUT2D eigenvalue weighted by molar-refractivity contribution is 0.955. The summed E-state index contributed by atoms with van der Waals surface area (Å²) in [5, 5.41) is 4.48. The van der Waals surface area contributed by atoms with Gasteiger partial charge in [0.1, 0.15) is 5.82 Å². The van der Waals surface area contributed by atoms with E-state index in [0.29, 0.717) is 5.82 Å². The third-order valence-corrected chi connectivity index (χ3v) is 4.65. The Bertz CT molecular complexity index is 1020. The number of rotatable bonds is 5. The monoisotopic (exact) mass is 453 g/mol. The second-order valence-corrected chi connectivity index (χ2v) is 7.04. The molecule has 4 rings (SSSR count). The molecule has 0 unspecified atom stereocenters. The predicted molar refractivity (Wildman–Crippen MR) is 112 cm³/mol. The molecule has 0 bridgehead atoms. The maximum absolute atomic E-state index is 4.76. The zero-order valence-corrected chi connectivity index (χ0v) is 16.1. The minimum absolute atomic E-state index is 0.673. The van der Waals surface area contributed by atoms with Gasteiger partial charge in [-0.25, -0.2) is 9.97 Å². The fourth-order valence-corrected chi connectivity index (χ4v) is 3.21. The molecule has 0 radical (unpaired) electrons. The lowest BCUT2D eigenvalue weighted by Gasteiger charge is -2.11. The van der Waals surface area contributed by atoms with Gasteiger partial charge in [-0.15, -0.1) is 0 Å². The van der Waals surface area contributed by atoms with Crippen LogP contribution < -0.4 is 5.32 Å². The Morgan fingerprint density at radius 1 is 0.962 bits per heavy atom. The van der Waals surface area contributed by atoms with Crippen molar-refractivity contribution >= 4 is 39.3 Å². The van der Waals surface area contributed by atoms with Crippen LogP contribution in [-0.2, 0) is 6.42 Å². The highest BCUT2D eigenvalue weighted by Gasteiger charge is 2.10. The molecule has 0 aliphatic rings. The van der Waals surface area contributed by atoms with Crippen molar-refractivity contribution in [3.8, 4) is 11.4 Å². The van der Waals surface area contributed by atoms with Gasteiger partial charge >= 0.3 is 0 Å². The average Bonchev–Trinajstić information content (AvgIpc) is 2.69. The molecule has 0 spiro atoms. The number of pyridine rings is 2. The summed E-state index contributed by atoms with van der Waals surface area (Å²) in [7, 11) is 0. The van der Waals surface area contributed by atoms with E-state index in [4.69, 9.17) is 9.97 Å². The number of nitrogens with one attached hydrogen (secondary N) is 1. The van der Waals surface area contributed by atoms with Crippen LogP contribution in [0, 0.1) is 3.57 Å². The van der Waals surface area contributed by atoms with Crippen molar-refractivity contribution in [1.82, 2.24) is 19.9 Å². The van der Waals surface area contributed by atoms with Gasteiger partial charge in [0, 0.05) is 51.8 Å². The molecule has 26 heavy (non-hydrogen) atoms. The summed E-state index contributed by atoms with van der Waals surface area (Å²) in [5.74, 6) is 1.51. The zero-order chi connectivity index (χ0) is 17.8. The van der Waals surface area contributed by atoms with Gasteiger partial charge in [0.05, 0.1) is 5.52 Å². The number of fused-ring (bicyclic) bond motifs is 1. The van der Waals surface area contributed by atoms with Crippen molar-refractivity contribution in [2.75, 3.05) is 11.9 Å². The van der Waals surface area contributed by atoms with Gasteiger partial charge in [-0.1, -0.05) is 6.07 Å². The number of aromatic nitrogens is 4. The highest BCUT2D eigenvalue weighted by molar-refractivity contribution is 14.1. The van der Waals surface area contributed by atoms with E-state index in [1.165, 1.54) is 0 Å². The first-order valence-corrected chi connectivity index (χ1v) is 9.39. The Kier molecular flexibility index (Phi) is 5.01. The summed E-state index contributed by atoms with van der Waals surface area (Å²) in [5.41, 5.74) is 2.88. The maximum Gasteiger partial charge on any atom is 0.163 e. The quantitative estimate of drug-likeness (QED) is 0.456. The summed E-state index contributed by atoms with van der Waals surface area (Å²) >= 11 is 2.31. The number of hydrogen-bond donors (Lipinski definition) is 1. The van der Waals surface area contributed by atoms with Crippen LogP contribution in [0.3, 0.4) is 0 Å². The molecule has 0 aliphatic heterocycles. The fraction of sp³-hybridized carbons (Fsp3) is 0.100. The lowest BCUT2D eigenvalue weighted by atomic mass is 10.2. The van der Waals surface area contributed by atoms with Gasteiger partial charge in [-0.3, -0.25) is 9.97 Å². The van der Waals surface area contributed by atoms with Crippen LogP contribution in [0.5, 0.6) is 0 Å². The molecule has 0 amide bonds. The normalized spacial score (nSPS) is 10.8. The minimum atomic E-state index is 0.673. The first kappa shape index (κ1) is 16.8. The topological polar surface area (TPSA) is 63.6 Å². The highest BCUT2D eigenvalue weighted by atomic mass is 127. The maximum atomic E-state index is 4.76. The van der Waals surface area contributed by atoms with Gasteiger partial charge in [-0.05, 0) is 65.1 Å². The van der Waals surface area contributed by atoms with E-state index in [2.05, 4.69) is 50.0 Å². The fourth-order valence-electron chi connectivity index (χ4n) is 2.71. The molecule has 0 aliphatic carbocycles. The van der Waals surface area contributed by atoms with Crippen LogP contribution in [0.15, 0.2) is 67.1 Å². The third kappa shape index (κ3) is 3.80. The number of hydrogen-bond acceptors (Lipinski definition) is 5. The molecule has 0 fully saturated rings. The van der Waals surface area contributed by atoms with E-state index < -0.39 is 0 Å². The molecule has 3 aromatic heterocycles. The third-order valence-electron chi connectivity index (χ3n) is 3.98. The minimum Gasteiger partial charge on any atom is -0.369 e. The Hall–Kier alpha value is -2.61. The van der Waals surface area contributed by atoms with Crippen LogP contribution in [-0.4, -0.2) is 26.5 Å². The van der Waals surface area contributed by atoms with E-state index >= 15 is 0 Å². The van der Waals surface area contributed by atoms with E-state index in [-0.39, 0.29) is 0 Å². The molecule has 0 saturated carbocycles. The van der Waals surface area contributed by atoms with Crippen LogP contribution in [0.4, 0.5) is 5.82 Å². The van der Waals surface area contributed by atoms with Crippen molar-refractivity contribution in [3.63, 3.8) is 0 Å². The summed E-state index contributed by atoms with van der Waals surface area (Å²) in [6.45, 7) is 0.751. The van der Waals surface area contributed by atoms with Crippen molar-refractivity contribution in [2.45, 2.75) is 6.42 Å². The van der Waals surface area contributed by atoms with Crippen LogP contribution in [0.2, 0.25) is 0 Å². The Morgan fingerprint density at radius 3 is 2.73 bits per heavy atom. The molecule has 6 heteroatoms. The standard InChI is InChI=1S/C20H16IN5/c21-15-6-7-18-17(12-15)20(24-11-8-16-5-1-2-10-23-16)26-19(25-18)14-4-3-9-22-13-14/h1-7,9-10,12-13H,8,11H2,(H,24,25,26). The first-order chi connectivity index (χ1) is 12.8. The summed E-state index contributed by atoms with van der Waals surface area (Å²) < 4.78 is 1.15. The SMILES string of the molecule is Ic1ccc2nc(-c3cccnc3)nc(NCCc3ccccn3)c2c1. The van der Waals surface area contributed by atoms with Gasteiger partial charge < -0.3 is 5.32 Å². The van der Waals surface area contributed by atoms with E-state index in [0.717, 1.165) is 44.5 Å². The molecule has 5 nitrogen and oxygen atoms in total. The summed E-state index contributed by atoms with van der Waals surface area (Å²) in [6, 6.07) is 16.0. The van der Waals surface area contributed by atoms with E-state index in [1.54, 1.807) is 12.4 Å². The van der Waals surface area contributed by atoms with Crippen molar-refractivity contribution in [1.29, 1.82) is 0 Å². The van der Waals surface area contributed by atoms with Gasteiger partial charge in [0.15, 0.2) is 5.82 Å². The second-order valence-electron chi connectivity index (χ2n) is 5.80. The van der Waals surface area contributed by atoms with Crippen LogP contribution in [0.1, 0.15) is 5.69 Å². The van der Waals surface area contributed by atoms with Gasteiger partial charge in [0.2, 0.25) is 0 Å². The molecular weight excluding hydrogens is 437 g/mol. The van der Waals surface area contributed by atoms with E-state index in [1.807, 2.05) is 42.6 Å². The molecule has 1 N–H and O–H groups in total. The highest BCUT2D eigenvalue weighted by Crippen LogP contribution is 2.26.